The van der Waals surface area contributed by atoms with Crippen molar-refractivity contribution in [3.05, 3.63) is 35.6 Å². The van der Waals surface area contributed by atoms with E-state index in [9.17, 15) is 4.79 Å². The molecular weight excluding hydrogens is 310 g/mol. The second kappa shape index (κ2) is 6.92. The largest absolute Gasteiger partial charge is 0.454 e. The van der Waals surface area contributed by atoms with Gasteiger partial charge in [-0.05, 0) is 38.1 Å². The molecule has 0 fully saturated rings. The van der Waals surface area contributed by atoms with Crippen molar-refractivity contribution in [3.63, 3.8) is 0 Å². The maximum absolute atomic E-state index is 12.5. The summed E-state index contributed by atoms with van der Waals surface area (Å²) in [5.41, 5.74) is 1.06. The van der Waals surface area contributed by atoms with Crippen LogP contribution in [0.4, 0.5) is 5.82 Å². The minimum atomic E-state index is -0.271. The van der Waals surface area contributed by atoms with Crippen LogP contribution in [0.25, 0.3) is 0 Å². The molecule has 1 amide bonds. The number of nitrogens with one attached hydrogen (secondary N) is 1. The Morgan fingerprint density at radius 1 is 1.33 bits per heavy atom. The van der Waals surface area contributed by atoms with E-state index in [-0.39, 0.29) is 18.7 Å². The molecule has 2 heterocycles. The molecule has 1 atom stereocenters. The number of amides is 1. The van der Waals surface area contributed by atoms with Crippen LogP contribution in [0.15, 0.2) is 28.8 Å². The van der Waals surface area contributed by atoms with Gasteiger partial charge in [-0.15, -0.1) is 0 Å². The fourth-order valence-corrected chi connectivity index (χ4v) is 2.77. The lowest BCUT2D eigenvalue weighted by Crippen LogP contribution is -2.41. The molecule has 0 saturated carbocycles. The summed E-state index contributed by atoms with van der Waals surface area (Å²) in [4.78, 5) is 14.5. The Balaban J connectivity index is 1.65. The highest BCUT2D eigenvalue weighted by Crippen LogP contribution is 2.32. The van der Waals surface area contributed by atoms with Crippen LogP contribution < -0.4 is 14.8 Å². The van der Waals surface area contributed by atoms with Crippen molar-refractivity contribution in [3.8, 4) is 11.5 Å². The zero-order chi connectivity index (χ0) is 17.1. The molecule has 1 aliphatic rings. The molecule has 0 aliphatic carbocycles. The first kappa shape index (κ1) is 16.3. The average Bonchev–Trinajstić information content (AvgIpc) is 3.16. The van der Waals surface area contributed by atoms with Crippen LogP contribution in [0, 0.1) is 6.92 Å². The Morgan fingerprint density at radius 3 is 2.83 bits per heavy atom. The maximum Gasteiger partial charge on any atom is 0.242 e. The summed E-state index contributed by atoms with van der Waals surface area (Å²) in [5.74, 6) is 2.50. The minimum Gasteiger partial charge on any atom is -0.454 e. The van der Waals surface area contributed by atoms with E-state index >= 15 is 0 Å². The third-order valence-corrected chi connectivity index (χ3v) is 3.97. The fraction of sp³-hybridized carbons (Fsp3) is 0.412. The van der Waals surface area contributed by atoms with Crippen molar-refractivity contribution >= 4 is 11.7 Å². The monoisotopic (exact) mass is 331 g/mol. The van der Waals surface area contributed by atoms with Crippen LogP contribution in [0.2, 0.25) is 0 Å². The lowest BCUT2D eigenvalue weighted by atomic mass is 10.1. The van der Waals surface area contributed by atoms with Gasteiger partial charge in [0, 0.05) is 12.6 Å². The summed E-state index contributed by atoms with van der Waals surface area (Å²) in [6.07, 6.45) is 0.684. The Hall–Kier alpha value is -2.54. The fourth-order valence-electron chi connectivity index (χ4n) is 2.77. The molecule has 1 aliphatic heterocycles. The van der Waals surface area contributed by atoms with Gasteiger partial charge in [0.05, 0.1) is 6.04 Å². The van der Waals surface area contributed by atoms with Gasteiger partial charge in [0.25, 0.3) is 0 Å². The highest BCUT2D eigenvalue weighted by molar-refractivity contribution is 5.93. The number of carbonyl (C=O) groups excluding carboxylic acids is 1. The van der Waals surface area contributed by atoms with E-state index in [4.69, 9.17) is 14.0 Å². The number of rotatable bonds is 6. The number of hydrogen-bond acceptors (Lipinski definition) is 6. The standard InChI is InChI=1S/C17H21N3O4/c1-4-13(17(21)18-16-7-11(2)24-19-16)20(3)9-12-5-6-14-15(8-12)23-10-22-14/h5-8,13H,4,9-10H2,1-3H3,(H,18,19,21)/t13-/m1/s1. The maximum atomic E-state index is 12.5. The van der Waals surface area contributed by atoms with E-state index in [0.717, 1.165) is 17.1 Å². The molecule has 128 valence electrons. The molecular formula is C17H21N3O4. The van der Waals surface area contributed by atoms with Crippen molar-refractivity contribution in [2.75, 3.05) is 19.2 Å². The number of anilines is 1. The SMILES string of the molecule is CC[C@H](C(=O)Nc1cc(C)on1)N(C)Cc1ccc2c(c1)OCO2. The Labute approximate surface area is 140 Å². The number of carbonyl (C=O) groups is 1. The summed E-state index contributed by atoms with van der Waals surface area (Å²) in [7, 11) is 1.92. The highest BCUT2D eigenvalue weighted by Gasteiger charge is 2.23. The van der Waals surface area contributed by atoms with E-state index in [1.807, 2.05) is 37.1 Å². The zero-order valence-corrected chi connectivity index (χ0v) is 14.0. The number of likely N-dealkylation sites (N-methyl/N-ethyl adjacent to an activating group) is 1. The van der Waals surface area contributed by atoms with Gasteiger partial charge in [-0.2, -0.15) is 0 Å². The van der Waals surface area contributed by atoms with Crippen LogP contribution >= 0.6 is 0 Å². The number of fused-ring (bicyclic) bond motifs is 1. The average molecular weight is 331 g/mol. The summed E-state index contributed by atoms with van der Waals surface area (Å²) < 4.78 is 15.7. The molecule has 1 aromatic carbocycles. The molecule has 0 radical (unpaired) electrons. The Bertz CT molecular complexity index is 728. The summed E-state index contributed by atoms with van der Waals surface area (Å²) >= 11 is 0. The van der Waals surface area contributed by atoms with Gasteiger partial charge >= 0.3 is 0 Å². The van der Waals surface area contributed by atoms with Crippen molar-refractivity contribution in [1.82, 2.24) is 10.1 Å². The van der Waals surface area contributed by atoms with Gasteiger partial charge in [-0.3, -0.25) is 9.69 Å². The van der Waals surface area contributed by atoms with Crippen LogP contribution in [0.1, 0.15) is 24.7 Å². The van der Waals surface area contributed by atoms with Crippen LogP contribution in [0.3, 0.4) is 0 Å². The highest BCUT2D eigenvalue weighted by atomic mass is 16.7. The molecule has 0 saturated heterocycles. The molecule has 7 heteroatoms. The minimum absolute atomic E-state index is 0.103. The normalized spacial score (nSPS) is 14.0. The summed E-state index contributed by atoms with van der Waals surface area (Å²) in [6.45, 7) is 4.65. The van der Waals surface area contributed by atoms with E-state index in [1.54, 1.807) is 13.0 Å². The predicted octanol–water partition coefficient (Wildman–Crippen LogP) is 2.56. The number of aryl methyl sites for hydroxylation is 1. The van der Waals surface area contributed by atoms with E-state index in [0.29, 0.717) is 24.5 Å². The van der Waals surface area contributed by atoms with E-state index in [2.05, 4.69) is 10.5 Å². The molecule has 24 heavy (non-hydrogen) atoms. The number of nitrogens with zero attached hydrogens (tertiary/aromatic N) is 2. The molecule has 7 nitrogen and oxygen atoms in total. The van der Waals surface area contributed by atoms with Gasteiger partial charge in [-0.1, -0.05) is 18.1 Å². The van der Waals surface area contributed by atoms with Crippen LogP contribution in [0.5, 0.6) is 11.5 Å². The molecule has 2 aromatic rings. The van der Waals surface area contributed by atoms with Crippen molar-refractivity contribution < 1.29 is 18.8 Å². The van der Waals surface area contributed by atoms with E-state index in [1.165, 1.54) is 0 Å². The third-order valence-electron chi connectivity index (χ3n) is 3.97. The van der Waals surface area contributed by atoms with Crippen molar-refractivity contribution in [1.29, 1.82) is 0 Å². The molecule has 0 spiro atoms. The number of benzene rings is 1. The molecule has 0 bridgehead atoms. The Kier molecular flexibility index (Phi) is 4.71. The molecule has 3 rings (SSSR count). The topological polar surface area (TPSA) is 76.8 Å². The number of ether oxygens (including phenoxy) is 2. The zero-order valence-electron chi connectivity index (χ0n) is 14.0. The lowest BCUT2D eigenvalue weighted by molar-refractivity contribution is -0.121. The second-order valence-electron chi connectivity index (χ2n) is 5.84. The lowest BCUT2D eigenvalue weighted by Gasteiger charge is -2.25. The molecule has 1 aromatic heterocycles. The predicted molar refractivity (Wildman–Crippen MR) is 88.0 cm³/mol. The van der Waals surface area contributed by atoms with Crippen molar-refractivity contribution in [2.24, 2.45) is 0 Å². The first-order valence-electron chi connectivity index (χ1n) is 7.89. The van der Waals surface area contributed by atoms with Gasteiger partial charge in [-0.25, -0.2) is 0 Å². The first-order valence-corrected chi connectivity index (χ1v) is 7.89. The van der Waals surface area contributed by atoms with Gasteiger partial charge in [0.15, 0.2) is 17.3 Å². The molecule has 0 unspecified atom stereocenters. The quantitative estimate of drug-likeness (QED) is 0.876. The summed E-state index contributed by atoms with van der Waals surface area (Å²) in [6, 6.07) is 7.25. The third kappa shape index (κ3) is 3.51. The summed E-state index contributed by atoms with van der Waals surface area (Å²) in [5, 5.41) is 6.59. The van der Waals surface area contributed by atoms with Crippen LogP contribution in [-0.2, 0) is 11.3 Å². The van der Waals surface area contributed by atoms with Crippen molar-refractivity contribution in [2.45, 2.75) is 32.9 Å². The van der Waals surface area contributed by atoms with Crippen LogP contribution in [-0.4, -0.2) is 35.8 Å². The Morgan fingerprint density at radius 2 is 2.12 bits per heavy atom. The van der Waals surface area contributed by atoms with Gasteiger partial charge in [0.2, 0.25) is 12.7 Å². The number of aromatic nitrogens is 1. The molecule has 1 N–H and O–H groups in total. The number of hydrogen-bond donors (Lipinski definition) is 1. The smallest absolute Gasteiger partial charge is 0.242 e. The van der Waals surface area contributed by atoms with Gasteiger partial charge < -0.3 is 19.3 Å². The van der Waals surface area contributed by atoms with E-state index < -0.39 is 0 Å². The second-order valence-corrected chi connectivity index (χ2v) is 5.84. The van der Waals surface area contributed by atoms with Gasteiger partial charge in [0.1, 0.15) is 5.76 Å². The first-order chi connectivity index (χ1) is 11.6.